The van der Waals surface area contributed by atoms with Gasteiger partial charge in [0.05, 0.1) is 12.3 Å². The van der Waals surface area contributed by atoms with Crippen LogP contribution < -0.4 is 4.72 Å². The molecule has 0 unspecified atom stereocenters. The van der Waals surface area contributed by atoms with Crippen LogP contribution in [-0.2, 0) is 16.4 Å². The SMILES string of the molecule is CS(=O)(=O)Nc1cccc(/C=C2\C3=C(C=C(C#N)CC3)CCc3ccccc32)c1. The van der Waals surface area contributed by atoms with Gasteiger partial charge in [0, 0.05) is 11.3 Å². The Bertz CT molecular complexity index is 1210. The molecule has 146 valence electrons. The lowest BCUT2D eigenvalue weighted by atomic mass is 9.85. The maximum absolute atomic E-state index is 11.6. The summed E-state index contributed by atoms with van der Waals surface area (Å²) < 4.78 is 25.7. The maximum atomic E-state index is 11.6. The van der Waals surface area contributed by atoms with Crippen LogP contribution in [0.2, 0.25) is 0 Å². The van der Waals surface area contributed by atoms with Crippen LogP contribution in [0.15, 0.2) is 71.3 Å². The maximum Gasteiger partial charge on any atom is 0.229 e. The molecule has 0 aromatic heterocycles. The summed E-state index contributed by atoms with van der Waals surface area (Å²) in [7, 11) is -3.33. The normalized spacial score (nSPS) is 17.7. The first-order chi connectivity index (χ1) is 13.9. The smallest absolute Gasteiger partial charge is 0.229 e. The minimum absolute atomic E-state index is 0.549. The number of rotatable bonds is 3. The number of nitrogens with one attached hydrogen (secondary N) is 1. The van der Waals surface area contributed by atoms with Gasteiger partial charge >= 0.3 is 0 Å². The van der Waals surface area contributed by atoms with Gasteiger partial charge in [0.25, 0.3) is 0 Å². The van der Waals surface area contributed by atoms with E-state index in [1.165, 1.54) is 22.3 Å². The summed E-state index contributed by atoms with van der Waals surface area (Å²) >= 11 is 0. The van der Waals surface area contributed by atoms with Gasteiger partial charge in [0.15, 0.2) is 0 Å². The lowest BCUT2D eigenvalue weighted by Gasteiger charge is -2.19. The molecule has 0 heterocycles. The molecule has 0 bridgehead atoms. The van der Waals surface area contributed by atoms with Gasteiger partial charge in [0.1, 0.15) is 0 Å². The molecule has 0 atom stereocenters. The second-order valence-corrected chi connectivity index (χ2v) is 9.25. The monoisotopic (exact) mass is 402 g/mol. The zero-order valence-electron chi connectivity index (χ0n) is 16.3. The molecular formula is C24H22N2O2S. The van der Waals surface area contributed by atoms with Gasteiger partial charge in [-0.2, -0.15) is 5.26 Å². The van der Waals surface area contributed by atoms with Crippen LogP contribution in [0, 0.1) is 11.3 Å². The Morgan fingerprint density at radius 2 is 1.86 bits per heavy atom. The number of hydrogen-bond donors (Lipinski definition) is 1. The third kappa shape index (κ3) is 4.33. The first kappa shape index (κ1) is 19.2. The number of allylic oxidation sites excluding steroid dienone is 5. The van der Waals surface area contributed by atoms with Crippen LogP contribution in [0.25, 0.3) is 11.6 Å². The summed E-state index contributed by atoms with van der Waals surface area (Å²) in [5.74, 6) is 0. The van der Waals surface area contributed by atoms with E-state index < -0.39 is 10.0 Å². The summed E-state index contributed by atoms with van der Waals surface area (Å²) in [5.41, 5.74) is 8.53. The summed E-state index contributed by atoms with van der Waals surface area (Å²) in [6.45, 7) is 0. The molecule has 5 heteroatoms. The van der Waals surface area contributed by atoms with Crippen molar-refractivity contribution in [2.24, 2.45) is 0 Å². The van der Waals surface area contributed by atoms with E-state index >= 15 is 0 Å². The molecule has 0 spiro atoms. The first-order valence-corrected chi connectivity index (χ1v) is 11.5. The van der Waals surface area contributed by atoms with Crippen LogP contribution in [0.5, 0.6) is 0 Å². The zero-order valence-corrected chi connectivity index (χ0v) is 17.1. The van der Waals surface area contributed by atoms with Crippen molar-refractivity contribution in [3.8, 4) is 6.07 Å². The third-order valence-electron chi connectivity index (χ3n) is 5.32. The minimum atomic E-state index is -3.33. The van der Waals surface area contributed by atoms with E-state index in [1.807, 2.05) is 18.2 Å². The highest BCUT2D eigenvalue weighted by Crippen LogP contribution is 2.41. The molecule has 0 fully saturated rings. The fraction of sp³-hybridized carbons (Fsp3) is 0.208. The Labute approximate surface area is 171 Å². The lowest BCUT2D eigenvalue weighted by Crippen LogP contribution is -2.09. The molecule has 2 aliphatic rings. The van der Waals surface area contributed by atoms with Crippen molar-refractivity contribution >= 4 is 27.4 Å². The van der Waals surface area contributed by atoms with E-state index in [1.54, 1.807) is 6.07 Å². The van der Waals surface area contributed by atoms with Gasteiger partial charge in [-0.05, 0) is 83.4 Å². The van der Waals surface area contributed by atoms with E-state index in [4.69, 9.17) is 0 Å². The molecular weight excluding hydrogens is 380 g/mol. The third-order valence-corrected chi connectivity index (χ3v) is 5.93. The van der Waals surface area contributed by atoms with E-state index in [9.17, 15) is 13.7 Å². The molecule has 0 radical (unpaired) electrons. The number of hydrogen-bond acceptors (Lipinski definition) is 3. The topological polar surface area (TPSA) is 70.0 Å². The number of fused-ring (bicyclic) bond motifs is 1. The van der Waals surface area contributed by atoms with Crippen molar-refractivity contribution in [1.82, 2.24) is 0 Å². The number of benzene rings is 2. The summed E-state index contributed by atoms with van der Waals surface area (Å²) in [6, 6.07) is 18.2. The highest BCUT2D eigenvalue weighted by atomic mass is 32.2. The van der Waals surface area contributed by atoms with Gasteiger partial charge in [-0.3, -0.25) is 4.72 Å². The van der Waals surface area contributed by atoms with Gasteiger partial charge < -0.3 is 0 Å². The average molecular weight is 403 g/mol. The second kappa shape index (κ2) is 7.73. The number of aryl methyl sites for hydroxylation is 1. The Hall–Kier alpha value is -3.10. The summed E-state index contributed by atoms with van der Waals surface area (Å²) in [6.07, 6.45) is 8.80. The van der Waals surface area contributed by atoms with Crippen LogP contribution in [0.3, 0.4) is 0 Å². The Morgan fingerprint density at radius 1 is 1.03 bits per heavy atom. The van der Waals surface area contributed by atoms with E-state index in [2.05, 4.69) is 47.2 Å². The van der Waals surface area contributed by atoms with Gasteiger partial charge in [-0.1, -0.05) is 36.4 Å². The number of nitriles is 1. The van der Waals surface area contributed by atoms with Crippen LogP contribution in [0.4, 0.5) is 5.69 Å². The predicted octanol–water partition coefficient (Wildman–Crippen LogP) is 5.09. The Kier molecular flexibility index (Phi) is 5.12. The van der Waals surface area contributed by atoms with Crippen molar-refractivity contribution < 1.29 is 8.42 Å². The second-order valence-electron chi connectivity index (χ2n) is 7.50. The zero-order chi connectivity index (χ0) is 20.4. The Balaban J connectivity index is 1.86. The van der Waals surface area contributed by atoms with Crippen molar-refractivity contribution in [1.29, 1.82) is 5.26 Å². The van der Waals surface area contributed by atoms with Gasteiger partial charge in [0.2, 0.25) is 10.0 Å². The Morgan fingerprint density at radius 3 is 2.66 bits per heavy atom. The highest BCUT2D eigenvalue weighted by molar-refractivity contribution is 7.92. The highest BCUT2D eigenvalue weighted by Gasteiger charge is 2.22. The first-order valence-electron chi connectivity index (χ1n) is 9.64. The molecule has 0 amide bonds. The minimum Gasteiger partial charge on any atom is -0.284 e. The lowest BCUT2D eigenvalue weighted by molar-refractivity contribution is 0.607. The van der Waals surface area contributed by atoms with Crippen molar-refractivity contribution in [3.63, 3.8) is 0 Å². The van der Waals surface area contributed by atoms with Gasteiger partial charge in [-0.25, -0.2) is 8.42 Å². The number of nitrogens with zero attached hydrogens (tertiary/aromatic N) is 1. The largest absolute Gasteiger partial charge is 0.284 e. The average Bonchev–Trinajstić information content (AvgIpc) is 2.84. The van der Waals surface area contributed by atoms with E-state index in [0.717, 1.165) is 48.6 Å². The van der Waals surface area contributed by atoms with Crippen molar-refractivity contribution in [3.05, 3.63) is 88.0 Å². The molecule has 0 saturated heterocycles. The van der Waals surface area contributed by atoms with E-state index in [0.29, 0.717) is 5.69 Å². The van der Waals surface area contributed by atoms with Crippen molar-refractivity contribution in [2.75, 3.05) is 11.0 Å². The predicted molar refractivity (Wildman–Crippen MR) is 117 cm³/mol. The quantitative estimate of drug-likeness (QED) is 0.778. The molecule has 4 nitrogen and oxygen atoms in total. The van der Waals surface area contributed by atoms with E-state index in [-0.39, 0.29) is 0 Å². The molecule has 29 heavy (non-hydrogen) atoms. The number of sulfonamides is 1. The standard InChI is InChI=1S/C24H22N2O2S/c1-29(27,28)26-21-7-4-5-17(14-21)15-24-22-8-3-2-6-19(22)10-11-20-13-18(16-25)9-12-23(20)24/h2-8,13-15,26H,9-12H2,1H3/b24-15-. The summed E-state index contributed by atoms with van der Waals surface area (Å²) in [4.78, 5) is 0. The van der Waals surface area contributed by atoms with Crippen LogP contribution in [-0.4, -0.2) is 14.7 Å². The number of anilines is 1. The molecule has 0 aliphatic heterocycles. The molecule has 2 aliphatic carbocycles. The molecule has 1 N–H and O–H groups in total. The molecule has 2 aromatic carbocycles. The van der Waals surface area contributed by atoms with Gasteiger partial charge in [-0.15, -0.1) is 0 Å². The van der Waals surface area contributed by atoms with Crippen LogP contribution >= 0.6 is 0 Å². The fourth-order valence-electron chi connectivity index (χ4n) is 4.08. The summed E-state index contributed by atoms with van der Waals surface area (Å²) in [5, 5.41) is 9.34. The molecule has 4 rings (SSSR count). The van der Waals surface area contributed by atoms with Crippen LogP contribution in [0.1, 0.15) is 36.0 Å². The molecule has 0 saturated carbocycles. The van der Waals surface area contributed by atoms with Crippen molar-refractivity contribution in [2.45, 2.75) is 25.7 Å². The molecule has 2 aromatic rings. The fourth-order valence-corrected chi connectivity index (χ4v) is 4.63.